The molecule has 1 aliphatic rings. The van der Waals surface area contributed by atoms with Crippen molar-refractivity contribution in [2.75, 3.05) is 26.7 Å². The Hall–Kier alpha value is -1.59. The third-order valence-corrected chi connectivity index (χ3v) is 5.06. The standard InChI is InChI=1S/C19H30N2O3/c1-14(21-12-9-17(10-13-21)15(2)22)19(23)20-11-8-16-4-6-18(24-3)7-5-16/h4-7,14-15,17,22H,8-13H2,1-3H3,(H,20,23). The van der Waals surface area contributed by atoms with E-state index in [2.05, 4.69) is 10.2 Å². The molecule has 1 aromatic carbocycles. The summed E-state index contributed by atoms with van der Waals surface area (Å²) in [5, 5.41) is 12.7. The van der Waals surface area contributed by atoms with Gasteiger partial charge < -0.3 is 15.2 Å². The minimum atomic E-state index is -0.249. The number of nitrogens with one attached hydrogen (secondary N) is 1. The number of nitrogens with zero attached hydrogens (tertiary/aromatic N) is 1. The van der Waals surface area contributed by atoms with Gasteiger partial charge in [0.25, 0.3) is 0 Å². The van der Waals surface area contributed by atoms with Crippen LogP contribution in [0.4, 0.5) is 0 Å². The van der Waals surface area contributed by atoms with E-state index in [4.69, 9.17) is 4.74 Å². The molecule has 1 aliphatic heterocycles. The van der Waals surface area contributed by atoms with Crippen LogP contribution in [0.2, 0.25) is 0 Å². The number of amides is 1. The van der Waals surface area contributed by atoms with Crippen molar-refractivity contribution >= 4 is 5.91 Å². The fourth-order valence-electron chi connectivity index (χ4n) is 3.22. The van der Waals surface area contributed by atoms with E-state index in [1.165, 1.54) is 5.56 Å². The van der Waals surface area contributed by atoms with E-state index in [0.29, 0.717) is 12.5 Å². The van der Waals surface area contributed by atoms with Crippen molar-refractivity contribution in [2.45, 2.75) is 45.3 Å². The second-order valence-corrected chi connectivity index (χ2v) is 6.68. The summed E-state index contributed by atoms with van der Waals surface area (Å²) in [7, 11) is 1.65. The molecule has 1 fully saturated rings. The molecule has 0 aromatic heterocycles. The number of ether oxygens (including phenoxy) is 1. The predicted octanol–water partition coefficient (Wildman–Crippen LogP) is 1.84. The van der Waals surface area contributed by atoms with Gasteiger partial charge in [-0.3, -0.25) is 9.69 Å². The van der Waals surface area contributed by atoms with Crippen LogP contribution < -0.4 is 10.1 Å². The maximum Gasteiger partial charge on any atom is 0.237 e. The molecule has 0 bridgehead atoms. The van der Waals surface area contributed by atoms with E-state index in [0.717, 1.165) is 38.1 Å². The van der Waals surface area contributed by atoms with Crippen molar-refractivity contribution in [1.82, 2.24) is 10.2 Å². The Morgan fingerprint density at radius 1 is 1.29 bits per heavy atom. The molecule has 0 spiro atoms. The van der Waals surface area contributed by atoms with Gasteiger partial charge in [0.05, 0.1) is 19.3 Å². The zero-order chi connectivity index (χ0) is 17.5. The monoisotopic (exact) mass is 334 g/mol. The summed E-state index contributed by atoms with van der Waals surface area (Å²) in [6, 6.07) is 7.80. The van der Waals surface area contributed by atoms with Crippen LogP contribution in [0.25, 0.3) is 0 Å². The molecule has 5 nitrogen and oxygen atoms in total. The molecule has 24 heavy (non-hydrogen) atoms. The van der Waals surface area contributed by atoms with Gasteiger partial charge in [0, 0.05) is 6.54 Å². The minimum Gasteiger partial charge on any atom is -0.497 e. The molecule has 5 heteroatoms. The van der Waals surface area contributed by atoms with Crippen molar-refractivity contribution in [3.8, 4) is 5.75 Å². The smallest absolute Gasteiger partial charge is 0.237 e. The SMILES string of the molecule is COc1ccc(CCNC(=O)C(C)N2CCC(C(C)O)CC2)cc1. The minimum absolute atomic E-state index is 0.0824. The molecule has 0 saturated carbocycles. The number of hydrogen-bond acceptors (Lipinski definition) is 4. The van der Waals surface area contributed by atoms with Gasteiger partial charge in [0.15, 0.2) is 0 Å². The summed E-state index contributed by atoms with van der Waals surface area (Å²) >= 11 is 0. The third-order valence-electron chi connectivity index (χ3n) is 5.06. The lowest BCUT2D eigenvalue weighted by Crippen LogP contribution is -2.49. The van der Waals surface area contributed by atoms with Crippen LogP contribution in [0.15, 0.2) is 24.3 Å². The number of benzene rings is 1. The number of carbonyl (C=O) groups is 1. The maximum atomic E-state index is 12.3. The van der Waals surface area contributed by atoms with E-state index < -0.39 is 0 Å². The van der Waals surface area contributed by atoms with Crippen LogP contribution >= 0.6 is 0 Å². The highest BCUT2D eigenvalue weighted by Gasteiger charge is 2.28. The summed E-state index contributed by atoms with van der Waals surface area (Å²) in [4.78, 5) is 14.5. The largest absolute Gasteiger partial charge is 0.497 e. The first-order chi connectivity index (χ1) is 11.5. The molecular formula is C19H30N2O3. The molecule has 2 rings (SSSR count). The van der Waals surface area contributed by atoms with Crippen LogP contribution in [0.1, 0.15) is 32.3 Å². The van der Waals surface area contributed by atoms with Gasteiger partial charge in [0.1, 0.15) is 5.75 Å². The van der Waals surface area contributed by atoms with E-state index in [9.17, 15) is 9.90 Å². The Morgan fingerprint density at radius 2 is 1.92 bits per heavy atom. The van der Waals surface area contributed by atoms with Crippen LogP contribution in [-0.2, 0) is 11.2 Å². The number of hydrogen-bond donors (Lipinski definition) is 2. The molecular weight excluding hydrogens is 304 g/mol. The number of methoxy groups -OCH3 is 1. The number of piperidine rings is 1. The van der Waals surface area contributed by atoms with Crippen LogP contribution in [0.3, 0.4) is 0 Å². The van der Waals surface area contributed by atoms with Gasteiger partial charge in [-0.25, -0.2) is 0 Å². The molecule has 2 N–H and O–H groups in total. The molecule has 1 heterocycles. The van der Waals surface area contributed by atoms with E-state index in [1.807, 2.05) is 38.1 Å². The van der Waals surface area contributed by atoms with Crippen molar-refractivity contribution in [1.29, 1.82) is 0 Å². The first-order valence-corrected chi connectivity index (χ1v) is 8.84. The molecule has 134 valence electrons. The zero-order valence-electron chi connectivity index (χ0n) is 15.0. The van der Waals surface area contributed by atoms with Crippen molar-refractivity contribution < 1.29 is 14.6 Å². The number of carbonyl (C=O) groups excluding carboxylic acids is 1. The fraction of sp³-hybridized carbons (Fsp3) is 0.632. The van der Waals surface area contributed by atoms with E-state index >= 15 is 0 Å². The molecule has 2 unspecified atom stereocenters. The highest BCUT2D eigenvalue weighted by atomic mass is 16.5. The number of aliphatic hydroxyl groups is 1. The summed E-state index contributed by atoms with van der Waals surface area (Å²) < 4.78 is 5.14. The van der Waals surface area contributed by atoms with Gasteiger partial charge in [-0.1, -0.05) is 12.1 Å². The Morgan fingerprint density at radius 3 is 2.46 bits per heavy atom. The number of rotatable bonds is 7. The van der Waals surface area contributed by atoms with Crippen molar-refractivity contribution in [3.63, 3.8) is 0 Å². The van der Waals surface area contributed by atoms with E-state index in [-0.39, 0.29) is 18.1 Å². The van der Waals surface area contributed by atoms with Gasteiger partial charge in [0.2, 0.25) is 5.91 Å². The first-order valence-electron chi connectivity index (χ1n) is 8.84. The Balaban J connectivity index is 1.71. The third kappa shape index (κ3) is 5.21. The summed E-state index contributed by atoms with van der Waals surface area (Å²) in [5.74, 6) is 1.29. The number of aliphatic hydroxyl groups excluding tert-OH is 1. The van der Waals surface area contributed by atoms with Gasteiger partial charge in [-0.2, -0.15) is 0 Å². The zero-order valence-corrected chi connectivity index (χ0v) is 15.0. The summed E-state index contributed by atoms with van der Waals surface area (Å²) in [6.45, 7) is 6.21. The van der Waals surface area contributed by atoms with Crippen LogP contribution in [-0.4, -0.2) is 54.8 Å². The topological polar surface area (TPSA) is 61.8 Å². The average molecular weight is 334 g/mol. The highest BCUT2D eigenvalue weighted by molar-refractivity contribution is 5.81. The summed E-state index contributed by atoms with van der Waals surface area (Å²) in [6.07, 6.45) is 2.48. The highest BCUT2D eigenvalue weighted by Crippen LogP contribution is 2.21. The van der Waals surface area contributed by atoms with Crippen molar-refractivity contribution in [2.24, 2.45) is 5.92 Å². The van der Waals surface area contributed by atoms with Crippen molar-refractivity contribution in [3.05, 3.63) is 29.8 Å². The van der Waals surface area contributed by atoms with Gasteiger partial charge in [-0.15, -0.1) is 0 Å². The molecule has 2 atom stereocenters. The predicted molar refractivity (Wildman–Crippen MR) is 95.1 cm³/mol. The Bertz CT molecular complexity index is 508. The lowest BCUT2D eigenvalue weighted by atomic mass is 9.91. The fourth-order valence-corrected chi connectivity index (χ4v) is 3.22. The summed E-state index contributed by atoms with van der Waals surface area (Å²) in [5.41, 5.74) is 1.18. The second kappa shape index (κ2) is 9.04. The molecule has 0 aliphatic carbocycles. The van der Waals surface area contributed by atoms with Gasteiger partial charge >= 0.3 is 0 Å². The number of likely N-dealkylation sites (tertiary alicyclic amines) is 1. The lowest BCUT2D eigenvalue weighted by Gasteiger charge is -2.36. The van der Waals surface area contributed by atoms with Crippen LogP contribution in [0.5, 0.6) is 5.75 Å². The second-order valence-electron chi connectivity index (χ2n) is 6.68. The van der Waals surface area contributed by atoms with E-state index in [1.54, 1.807) is 7.11 Å². The molecule has 1 saturated heterocycles. The maximum absolute atomic E-state index is 12.3. The lowest BCUT2D eigenvalue weighted by molar-refractivity contribution is -0.126. The Labute approximate surface area is 145 Å². The van der Waals surface area contributed by atoms with Gasteiger partial charge in [-0.05, 0) is 69.8 Å². The first kappa shape index (κ1) is 18.7. The molecule has 1 amide bonds. The normalized spacial score (nSPS) is 18.8. The molecule has 0 radical (unpaired) electrons. The van der Waals surface area contributed by atoms with Crippen LogP contribution in [0, 0.1) is 5.92 Å². The Kier molecular flexibility index (Phi) is 7.06. The quantitative estimate of drug-likeness (QED) is 0.799. The average Bonchev–Trinajstić information content (AvgIpc) is 2.61. The molecule has 1 aromatic rings.